The fraction of sp³-hybridized carbons (Fsp3) is 0.500. The van der Waals surface area contributed by atoms with Crippen molar-refractivity contribution in [3.63, 3.8) is 0 Å². The lowest BCUT2D eigenvalue weighted by molar-refractivity contribution is 0.306. The van der Waals surface area contributed by atoms with Crippen molar-refractivity contribution in [2.75, 3.05) is 7.05 Å². The molecule has 0 aliphatic carbocycles. The van der Waals surface area contributed by atoms with Crippen molar-refractivity contribution in [2.24, 2.45) is 0 Å². The van der Waals surface area contributed by atoms with Crippen molar-refractivity contribution in [1.82, 2.24) is 24.0 Å². The molecule has 0 fully saturated rings. The van der Waals surface area contributed by atoms with E-state index in [2.05, 4.69) is 48.0 Å². The first-order valence-corrected chi connectivity index (χ1v) is 10.5. The summed E-state index contributed by atoms with van der Waals surface area (Å²) in [7, 11) is 2.04. The van der Waals surface area contributed by atoms with Crippen LogP contribution in [0.5, 0.6) is 0 Å². The van der Waals surface area contributed by atoms with Gasteiger partial charge in [0.1, 0.15) is 5.82 Å². The summed E-state index contributed by atoms with van der Waals surface area (Å²) in [5, 5.41) is 0. The van der Waals surface area contributed by atoms with Crippen molar-refractivity contribution in [1.29, 1.82) is 0 Å². The number of fused-ring (bicyclic) bond motifs is 1. The van der Waals surface area contributed by atoms with Gasteiger partial charge in [-0.25, -0.2) is 9.78 Å². The Labute approximate surface area is 171 Å². The van der Waals surface area contributed by atoms with Crippen LogP contribution in [0.1, 0.15) is 50.6 Å². The number of rotatable bonds is 9. The Bertz CT molecular complexity index is 1080. The Kier molecular flexibility index (Phi) is 6.69. The lowest BCUT2D eigenvalue weighted by Crippen LogP contribution is -2.31. The van der Waals surface area contributed by atoms with Crippen molar-refractivity contribution < 1.29 is 0 Å². The van der Waals surface area contributed by atoms with Crippen molar-refractivity contribution in [2.45, 2.75) is 66.2 Å². The molecular formula is C22H31N5O2. The van der Waals surface area contributed by atoms with Gasteiger partial charge in [0.15, 0.2) is 11.2 Å². The van der Waals surface area contributed by atoms with E-state index in [0.29, 0.717) is 30.8 Å². The number of hydrogen-bond acceptors (Lipinski definition) is 4. The number of imidazole rings is 1. The lowest BCUT2D eigenvalue weighted by Gasteiger charge is -2.17. The van der Waals surface area contributed by atoms with Gasteiger partial charge in [-0.05, 0) is 37.9 Å². The van der Waals surface area contributed by atoms with Crippen LogP contribution in [0.4, 0.5) is 0 Å². The summed E-state index contributed by atoms with van der Waals surface area (Å²) >= 11 is 0. The third-order valence-corrected chi connectivity index (χ3v) is 5.31. The fourth-order valence-electron chi connectivity index (χ4n) is 3.69. The molecule has 0 aliphatic heterocycles. The van der Waals surface area contributed by atoms with Crippen LogP contribution in [0, 0.1) is 0 Å². The number of aryl methyl sites for hydroxylation is 3. The third kappa shape index (κ3) is 4.50. The van der Waals surface area contributed by atoms with Gasteiger partial charge in [-0.15, -0.1) is 0 Å². The minimum absolute atomic E-state index is 0.365. The normalized spacial score (nSPS) is 11.6. The molecule has 0 amide bonds. The Morgan fingerprint density at radius 3 is 2.31 bits per heavy atom. The van der Waals surface area contributed by atoms with E-state index in [0.717, 1.165) is 31.6 Å². The highest BCUT2D eigenvalue weighted by atomic mass is 16.2. The van der Waals surface area contributed by atoms with Crippen LogP contribution in [0.15, 0.2) is 33.9 Å². The van der Waals surface area contributed by atoms with Crippen LogP contribution in [0.25, 0.3) is 11.2 Å². The maximum absolute atomic E-state index is 12.5. The van der Waals surface area contributed by atoms with Gasteiger partial charge in [0, 0.05) is 19.6 Å². The van der Waals surface area contributed by atoms with Crippen LogP contribution in [-0.4, -0.2) is 31.0 Å². The zero-order valence-electron chi connectivity index (χ0n) is 17.9. The summed E-state index contributed by atoms with van der Waals surface area (Å²) in [4.78, 5) is 34.2. The predicted molar refractivity (Wildman–Crippen MR) is 116 cm³/mol. The summed E-state index contributed by atoms with van der Waals surface area (Å²) in [5.74, 6) is 0.802. The minimum atomic E-state index is -0.382. The first-order chi connectivity index (χ1) is 14.0. The fourth-order valence-corrected chi connectivity index (χ4v) is 3.69. The summed E-state index contributed by atoms with van der Waals surface area (Å²) in [6, 6.07) is 8.64. The maximum Gasteiger partial charge on any atom is 0.330 e. The number of H-pyrrole nitrogens is 1. The van der Waals surface area contributed by atoms with Crippen LogP contribution in [0.3, 0.4) is 0 Å². The molecule has 7 heteroatoms. The van der Waals surface area contributed by atoms with Crippen LogP contribution < -0.4 is 11.2 Å². The molecule has 0 atom stereocenters. The monoisotopic (exact) mass is 397 g/mol. The zero-order valence-corrected chi connectivity index (χ0v) is 17.9. The molecule has 0 unspecified atom stereocenters. The SMILES string of the molecule is CCCCn1c(=O)[nH]c(=O)c2c1nc(CN(C)Cc1ccc(CC)cc1)n2CC. The molecule has 0 spiro atoms. The topological polar surface area (TPSA) is 75.9 Å². The average Bonchev–Trinajstić information content (AvgIpc) is 3.06. The Hall–Kier alpha value is -2.67. The molecule has 1 N–H and O–H groups in total. The molecule has 1 aromatic carbocycles. The molecule has 156 valence electrons. The van der Waals surface area contributed by atoms with Crippen molar-refractivity contribution in [3.8, 4) is 0 Å². The number of hydrogen-bond donors (Lipinski definition) is 1. The van der Waals surface area contributed by atoms with Gasteiger partial charge >= 0.3 is 5.69 Å². The Balaban J connectivity index is 1.92. The van der Waals surface area contributed by atoms with Gasteiger partial charge in [-0.2, -0.15) is 0 Å². The lowest BCUT2D eigenvalue weighted by atomic mass is 10.1. The molecule has 2 aromatic heterocycles. The summed E-state index contributed by atoms with van der Waals surface area (Å²) in [5.41, 5.74) is 2.79. The average molecular weight is 398 g/mol. The molecule has 0 bridgehead atoms. The van der Waals surface area contributed by atoms with E-state index in [1.54, 1.807) is 4.57 Å². The molecule has 0 radical (unpaired) electrons. The smallest absolute Gasteiger partial charge is 0.321 e. The van der Waals surface area contributed by atoms with E-state index in [1.165, 1.54) is 11.1 Å². The van der Waals surface area contributed by atoms with Gasteiger partial charge in [0.2, 0.25) is 0 Å². The largest absolute Gasteiger partial charge is 0.330 e. The van der Waals surface area contributed by atoms with Crippen LogP contribution in [-0.2, 0) is 32.6 Å². The molecule has 7 nitrogen and oxygen atoms in total. The predicted octanol–water partition coefficient (Wildman–Crippen LogP) is 2.90. The maximum atomic E-state index is 12.5. The highest BCUT2D eigenvalue weighted by Gasteiger charge is 2.18. The Morgan fingerprint density at radius 1 is 1.00 bits per heavy atom. The number of unbranched alkanes of at least 4 members (excludes halogenated alkanes) is 1. The number of benzene rings is 1. The van der Waals surface area contributed by atoms with E-state index in [4.69, 9.17) is 4.98 Å². The molecule has 2 heterocycles. The highest BCUT2D eigenvalue weighted by molar-refractivity contribution is 5.71. The second kappa shape index (κ2) is 9.22. The summed E-state index contributed by atoms with van der Waals surface area (Å²) in [6.07, 6.45) is 2.86. The van der Waals surface area contributed by atoms with E-state index in [-0.39, 0.29) is 11.2 Å². The quantitative estimate of drug-likeness (QED) is 0.602. The molecular weight excluding hydrogens is 366 g/mol. The third-order valence-electron chi connectivity index (χ3n) is 5.31. The van der Waals surface area contributed by atoms with E-state index >= 15 is 0 Å². The molecule has 3 rings (SSSR count). The molecule has 0 saturated carbocycles. The number of aromatic amines is 1. The molecule has 3 aromatic rings. The first kappa shape index (κ1) is 21.0. The summed E-state index contributed by atoms with van der Waals surface area (Å²) in [6.45, 7) is 8.79. The van der Waals surface area contributed by atoms with Crippen molar-refractivity contribution >= 4 is 11.2 Å². The van der Waals surface area contributed by atoms with Gasteiger partial charge < -0.3 is 4.57 Å². The number of nitrogens with zero attached hydrogens (tertiary/aromatic N) is 4. The van der Waals surface area contributed by atoms with E-state index < -0.39 is 0 Å². The first-order valence-electron chi connectivity index (χ1n) is 10.5. The van der Waals surface area contributed by atoms with Gasteiger partial charge in [0.05, 0.1) is 6.54 Å². The molecule has 0 aliphatic rings. The molecule has 29 heavy (non-hydrogen) atoms. The highest BCUT2D eigenvalue weighted by Crippen LogP contribution is 2.15. The zero-order chi connectivity index (χ0) is 21.0. The Morgan fingerprint density at radius 2 is 1.69 bits per heavy atom. The number of aromatic nitrogens is 4. The minimum Gasteiger partial charge on any atom is -0.321 e. The second-order valence-electron chi connectivity index (χ2n) is 7.55. The van der Waals surface area contributed by atoms with Gasteiger partial charge in [-0.3, -0.25) is 19.2 Å². The van der Waals surface area contributed by atoms with Crippen LogP contribution in [0.2, 0.25) is 0 Å². The van der Waals surface area contributed by atoms with Gasteiger partial charge in [0.25, 0.3) is 5.56 Å². The van der Waals surface area contributed by atoms with E-state index in [1.807, 2.05) is 18.5 Å². The molecule has 0 saturated heterocycles. The number of nitrogens with one attached hydrogen (secondary N) is 1. The van der Waals surface area contributed by atoms with E-state index in [9.17, 15) is 9.59 Å². The second-order valence-corrected chi connectivity index (χ2v) is 7.55. The van der Waals surface area contributed by atoms with Crippen LogP contribution >= 0.6 is 0 Å². The van der Waals surface area contributed by atoms with Gasteiger partial charge in [-0.1, -0.05) is 44.5 Å². The standard InChI is InChI=1S/C22H31N5O2/c1-5-8-13-27-20-19(21(28)24-22(27)29)26(7-3)18(23-20)15-25(4)14-17-11-9-16(6-2)10-12-17/h9-12H,5-8,13-15H2,1-4H3,(H,24,28,29). The summed E-state index contributed by atoms with van der Waals surface area (Å²) < 4.78 is 3.52. The van der Waals surface area contributed by atoms with Crippen molar-refractivity contribution in [3.05, 3.63) is 62.1 Å².